The van der Waals surface area contributed by atoms with Gasteiger partial charge in [-0.3, -0.25) is 0 Å². The molecule has 0 aliphatic heterocycles. The van der Waals surface area contributed by atoms with Crippen LogP contribution >= 0.6 is 11.6 Å². The quantitative estimate of drug-likeness (QED) is 0.870. The minimum Gasteiger partial charge on any atom is -0.373 e. The summed E-state index contributed by atoms with van der Waals surface area (Å²) < 4.78 is 0. The first-order valence-electron chi connectivity index (χ1n) is 6.30. The smallest absolute Gasteiger partial charge is 0.136 e. The number of aromatic nitrogens is 2. The van der Waals surface area contributed by atoms with Crippen LogP contribution in [-0.2, 0) is 6.42 Å². The van der Waals surface area contributed by atoms with Crippen LogP contribution in [0.2, 0.25) is 5.02 Å². The molecule has 1 aromatic carbocycles. The Kier molecular flexibility index (Phi) is 4.58. The number of nitrogens with one attached hydrogen (secondary N) is 2. The van der Waals surface area contributed by atoms with Crippen molar-refractivity contribution in [2.24, 2.45) is 0 Å². The van der Waals surface area contributed by atoms with Crippen LogP contribution in [0.4, 0.5) is 17.3 Å². The monoisotopic (exact) mass is 276 g/mol. The highest BCUT2D eigenvalue weighted by molar-refractivity contribution is 6.33. The Morgan fingerprint density at radius 2 is 1.89 bits per heavy atom. The first kappa shape index (κ1) is 13.6. The number of hydrogen-bond donors (Lipinski definition) is 2. The van der Waals surface area contributed by atoms with Crippen molar-refractivity contribution in [3.63, 3.8) is 0 Å². The number of aryl methyl sites for hydroxylation is 1. The largest absolute Gasteiger partial charge is 0.373 e. The minimum absolute atomic E-state index is 0.671. The van der Waals surface area contributed by atoms with Crippen molar-refractivity contribution in [1.29, 1.82) is 0 Å². The van der Waals surface area contributed by atoms with E-state index in [1.807, 2.05) is 37.4 Å². The summed E-state index contributed by atoms with van der Waals surface area (Å²) in [7, 11) is 1.84. The van der Waals surface area contributed by atoms with Gasteiger partial charge >= 0.3 is 0 Å². The summed E-state index contributed by atoms with van der Waals surface area (Å²) in [4.78, 5) is 8.90. The van der Waals surface area contributed by atoms with Gasteiger partial charge < -0.3 is 10.6 Å². The van der Waals surface area contributed by atoms with Gasteiger partial charge in [-0.2, -0.15) is 0 Å². The lowest BCUT2D eigenvalue weighted by Gasteiger charge is -2.10. The second-order valence-corrected chi connectivity index (χ2v) is 4.57. The molecule has 0 atom stereocenters. The molecule has 0 radical (unpaired) electrons. The molecule has 0 bridgehead atoms. The fraction of sp³-hybridized carbons (Fsp3) is 0.286. The van der Waals surface area contributed by atoms with Crippen LogP contribution in [0.3, 0.4) is 0 Å². The number of rotatable bonds is 5. The summed E-state index contributed by atoms with van der Waals surface area (Å²) in [6, 6.07) is 9.46. The van der Waals surface area contributed by atoms with Crippen LogP contribution in [-0.4, -0.2) is 17.0 Å². The molecule has 0 unspecified atom stereocenters. The van der Waals surface area contributed by atoms with Gasteiger partial charge in [0, 0.05) is 19.5 Å². The zero-order chi connectivity index (χ0) is 13.7. The van der Waals surface area contributed by atoms with E-state index in [0.29, 0.717) is 5.02 Å². The Hall–Kier alpha value is -1.81. The van der Waals surface area contributed by atoms with Crippen LogP contribution in [0.25, 0.3) is 0 Å². The fourth-order valence-corrected chi connectivity index (χ4v) is 1.91. The van der Waals surface area contributed by atoms with Gasteiger partial charge in [-0.1, -0.05) is 30.7 Å². The molecule has 1 aromatic heterocycles. The standard InChI is InChI=1S/C14H17ClN4/c1-3-6-12-18-13(16-2)9-14(19-12)17-11-8-5-4-7-10(11)15/h4-5,7-9H,3,6H2,1-2H3,(H2,16,17,18,19). The molecule has 0 spiro atoms. The van der Waals surface area contributed by atoms with Gasteiger partial charge in [-0.15, -0.1) is 0 Å². The number of para-hydroxylation sites is 1. The van der Waals surface area contributed by atoms with Gasteiger partial charge in [-0.05, 0) is 18.6 Å². The van der Waals surface area contributed by atoms with Gasteiger partial charge in [-0.25, -0.2) is 9.97 Å². The van der Waals surface area contributed by atoms with Crippen molar-refractivity contribution in [3.05, 3.63) is 41.2 Å². The summed E-state index contributed by atoms with van der Waals surface area (Å²) >= 11 is 6.13. The molecule has 4 nitrogen and oxygen atoms in total. The number of benzene rings is 1. The molecule has 0 saturated heterocycles. The summed E-state index contributed by atoms with van der Waals surface area (Å²) in [6.45, 7) is 2.11. The van der Waals surface area contributed by atoms with Crippen molar-refractivity contribution >= 4 is 28.9 Å². The number of nitrogens with zero attached hydrogens (tertiary/aromatic N) is 2. The fourth-order valence-electron chi connectivity index (χ4n) is 1.73. The lowest BCUT2D eigenvalue weighted by Crippen LogP contribution is -2.04. The van der Waals surface area contributed by atoms with E-state index >= 15 is 0 Å². The zero-order valence-electron chi connectivity index (χ0n) is 11.1. The molecule has 100 valence electrons. The van der Waals surface area contributed by atoms with E-state index in [-0.39, 0.29) is 0 Å². The minimum atomic E-state index is 0.671. The molecule has 0 fully saturated rings. The lowest BCUT2D eigenvalue weighted by molar-refractivity contribution is 0.838. The normalized spacial score (nSPS) is 10.3. The number of anilines is 3. The van der Waals surface area contributed by atoms with Gasteiger partial charge in [0.1, 0.15) is 17.5 Å². The van der Waals surface area contributed by atoms with Crippen molar-refractivity contribution in [3.8, 4) is 0 Å². The van der Waals surface area contributed by atoms with Gasteiger partial charge in [0.15, 0.2) is 0 Å². The molecule has 5 heteroatoms. The molecule has 1 heterocycles. The Labute approximate surface area is 118 Å². The molecular weight excluding hydrogens is 260 g/mol. The highest BCUT2D eigenvalue weighted by Gasteiger charge is 2.05. The van der Waals surface area contributed by atoms with E-state index in [2.05, 4.69) is 27.5 Å². The molecule has 0 aliphatic rings. The molecule has 0 amide bonds. The van der Waals surface area contributed by atoms with Crippen molar-refractivity contribution in [2.45, 2.75) is 19.8 Å². The Morgan fingerprint density at radius 3 is 2.58 bits per heavy atom. The Bertz CT molecular complexity index is 557. The molecule has 2 N–H and O–H groups in total. The van der Waals surface area contributed by atoms with Crippen LogP contribution in [0.5, 0.6) is 0 Å². The summed E-state index contributed by atoms with van der Waals surface area (Å²) in [6.07, 6.45) is 1.87. The zero-order valence-corrected chi connectivity index (χ0v) is 11.8. The molecule has 2 rings (SSSR count). The predicted octanol–water partition coefficient (Wildman–Crippen LogP) is 3.87. The molecular formula is C14H17ClN4. The van der Waals surface area contributed by atoms with E-state index in [0.717, 1.165) is 36.0 Å². The Balaban J connectivity index is 2.29. The topological polar surface area (TPSA) is 49.8 Å². The van der Waals surface area contributed by atoms with E-state index in [1.165, 1.54) is 0 Å². The maximum atomic E-state index is 6.13. The molecule has 2 aromatic rings. The van der Waals surface area contributed by atoms with E-state index < -0.39 is 0 Å². The van der Waals surface area contributed by atoms with Crippen LogP contribution in [0.1, 0.15) is 19.2 Å². The van der Waals surface area contributed by atoms with Gasteiger partial charge in [0.25, 0.3) is 0 Å². The van der Waals surface area contributed by atoms with Crippen molar-refractivity contribution < 1.29 is 0 Å². The first-order valence-corrected chi connectivity index (χ1v) is 6.68. The van der Waals surface area contributed by atoms with E-state index in [9.17, 15) is 0 Å². The maximum Gasteiger partial charge on any atom is 0.136 e. The lowest BCUT2D eigenvalue weighted by atomic mass is 10.3. The molecule has 0 aliphatic carbocycles. The van der Waals surface area contributed by atoms with Crippen molar-refractivity contribution in [1.82, 2.24) is 9.97 Å². The molecule has 19 heavy (non-hydrogen) atoms. The Morgan fingerprint density at radius 1 is 1.16 bits per heavy atom. The SMILES string of the molecule is CCCc1nc(NC)cc(Nc2ccccc2Cl)n1. The highest BCUT2D eigenvalue weighted by Crippen LogP contribution is 2.24. The summed E-state index contributed by atoms with van der Waals surface area (Å²) in [5.74, 6) is 2.37. The first-order chi connectivity index (χ1) is 9.22. The predicted molar refractivity (Wildman–Crippen MR) is 80.3 cm³/mol. The van der Waals surface area contributed by atoms with Gasteiger partial charge in [0.2, 0.25) is 0 Å². The second kappa shape index (κ2) is 6.38. The molecule has 0 saturated carbocycles. The second-order valence-electron chi connectivity index (χ2n) is 4.16. The number of halogens is 1. The third-order valence-corrected chi connectivity index (χ3v) is 2.97. The van der Waals surface area contributed by atoms with E-state index in [4.69, 9.17) is 11.6 Å². The third kappa shape index (κ3) is 3.58. The van der Waals surface area contributed by atoms with Crippen molar-refractivity contribution in [2.75, 3.05) is 17.7 Å². The average molecular weight is 277 g/mol. The highest BCUT2D eigenvalue weighted by atomic mass is 35.5. The maximum absolute atomic E-state index is 6.13. The average Bonchev–Trinajstić information content (AvgIpc) is 2.41. The number of hydrogen-bond acceptors (Lipinski definition) is 4. The third-order valence-electron chi connectivity index (χ3n) is 2.64. The summed E-state index contributed by atoms with van der Waals surface area (Å²) in [5.41, 5.74) is 0.840. The van der Waals surface area contributed by atoms with Gasteiger partial charge in [0.05, 0.1) is 10.7 Å². The van der Waals surface area contributed by atoms with Crippen LogP contribution < -0.4 is 10.6 Å². The van der Waals surface area contributed by atoms with E-state index in [1.54, 1.807) is 0 Å². The van der Waals surface area contributed by atoms with Crippen LogP contribution in [0, 0.1) is 0 Å². The summed E-state index contributed by atoms with van der Waals surface area (Å²) in [5, 5.41) is 6.94. The van der Waals surface area contributed by atoms with Crippen LogP contribution in [0.15, 0.2) is 30.3 Å².